The van der Waals surface area contributed by atoms with Crippen LogP contribution in [0.5, 0.6) is 0 Å². The summed E-state index contributed by atoms with van der Waals surface area (Å²) in [6, 6.07) is 10.5. The molecule has 0 nitrogen and oxygen atoms in total. The summed E-state index contributed by atoms with van der Waals surface area (Å²) in [7, 11) is 0. The van der Waals surface area contributed by atoms with E-state index in [4.69, 9.17) is 0 Å². The van der Waals surface area contributed by atoms with Crippen molar-refractivity contribution in [2.24, 2.45) is 0 Å². The molecule has 0 saturated carbocycles. The molecule has 0 unspecified atom stereocenters. The maximum atomic E-state index is 2.39. The summed E-state index contributed by atoms with van der Waals surface area (Å²) >= 11 is 4.22. The second-order valence-corrected chi connectivity index (χ2v) is 5.72. The molecule has 0 spiro atoms. The topological polar surface area (TPSA) is 0 Å². The predicted octanol–water partition coefficient (Wildman–Crippen LogP) is 4.86. The molecule has 0 aromatic heterocycles. The normalized spacial score (nSPS) is 11.7. The third-order valence-electron chi connectivity index (χ3n) is 1.55. The van der Waals surface area contributed by atoms with Crippen LogP contribution in [0.2, 0.25) is 0 Å². The van der Waals surface area contributed by atoms with Crippen LogP contribution < -0.4 is 0 Å². The Bertz CT molecular complexity index is 267. The molecular formula is C11H13IS. The van der Waals surface area contributed by atoms with Gasteiger partial charge in [0.15, 0.2) is 0 Å². The number of halogens is 1. The summed E-state index contributed by atoms with van der Waals surface area (Å²) in [5.74, 6) is 0. The highest BCUT2D eigenvalue weighted by molar-refractivity contribution is 14.1. The highest BCUT2D eigenvalue weighted by atomic mass is 127. The Morgan fingerprint density at radius 3 is 2.69 bits per heavy atom. The summed E-state index contributed by atoms with van der Waals surface area (Å²) in [6.45, 7) is 2.20. The first kappa shape index (κ1) is 11.1. The average Bonchev–Trinajstić information content (AvgIpc) is 2.16. The van der Waals surface area contributed by atoms with Crippen LogP contribution in [-0.2, 0) is 0 Å². The summed E-state index contributed by atoms with van der Waals surface area (Å²) in [4.78, 5) is 1.32. The van der Waals surface area contributed by atoms with Crippen molar-refractivity contribution in [3.05, 3.63) is 39.3 Å². The van der Waals surface area contributed by atoms with Gasteiger partial charge < -0.3 is 0 Å². The van der Waals surface area contributed by atoms with Crippen molar-refractivity contribution in [1.82, 2.24) is 0 Å². The van der Waals surface area contributed by atoms with Gasteiger partial charge in [0.05, 0.1) is 0 Å². The monoisotopic (exact) mass is 304 g/mol. The standard InChI is InChI=1S/C11H13IS/c1-2-3-9-11(12)13-10-7-5-4-6-8-10/h4-9H,2-3H2,1H3/b11-9+. The minimum absolute atomic E-state index is 1.18. The van der Waals surface area contributed by atoms with E-state index in [-0.39, 0.29) is 0 Å². The van der Waals surface area contributed by atoms with Crippen LogP contribution in [0, 0.1) is 0 Å². The molecule has 0 saturated heterocycles. The molecule has 70 valence electrons. The SMILES string of the molecule is CCC/C=C(\I)Sc1ccccc1. The fourth-order valence-corrected chi connectivity index (χ4v) is 2.69. The molecule has 0 aliphatic rings. The lowest BCUT2D eigenvalue weighted by Gasteiger charge is -1.98. The number of benzene rings is 1. The molecule has 0 radical (unpaired) electrons. The smallest absolute Gasteiger partial charge is 0.0466 e. The van der Waals surface area contributed by atoms with E-state index >= 15 is 0 Å². The molecule has 0 aliphatic carbocycles. The fourth-order valence-electron chi connectivity index (χ4n) is 0.901. The average molecular weight is 304 g/mol. The van der Waals surface area contributed by atoms with Crippen molar-refractivity contribution in [3.8, 4) is 0 Å². The number of hydrogen-bond donors (Lipinski definition) is 0. The first-order valence-electron chi connectivity index (χ1n) is 4.41. The van der Waals surface area contributed by atoms with Gasteiger partial charge in [-0.15, -0.1) is 0 Å². The lowest BCUT2D eigenvalue weighted by Crippen LogP contribution is -1.69. The minimum atomic E-state index is 1.18. The largest absolute Gasteiger partial charge is 0.0838 e. The zero-order chi connectivity index (χ0) is 9.52. The molecule has 0 fully saturated rings. The van der Waals surface area contributed by atoms with E-state index in [1.807, 2.05) is 17.8 Å². The first-order valence-corrected chi connectivity index (χ1v) is 6.31. The molecule has 1 aromatic carbocycles. The Morgan fingerprint density at radius 1 is 1.38 bits per heavy atom. The van der Waals surface area contributed by atoms with E-state index in [0.29, 0.717) is 0 Å². The van der Waals surface area contributed by atoms with Gasteiger partial charge in [0.25, 0.3) is 0 Å². The van der Waals surface area contributed by atoms with Crippen LogP contribution in [0.15, 0.2) is 44.2 Å². The van der Waals surface area contributed by atoms with Gasteiger partial charge in [0.1, 0.15) is 0 Å². The maximum Gasteiger partial charge on any atom is 0.0466 e. The number of unbranched alkanes of at least 4 members (excludes halogenated alkanes) is 1. The third kappa shape index (κ3) is 4.72. The van der Waals surface area contributed by atoms with Crippen LogP contribution in [0.4, 0.5) is 0 Å². The van der Waals surface area contributed by atoms with Crippen molar-refractivity contribution < 1.29 is 0 Å². The molecule has 0 heterocycles. The van der Waals surface area contributed by atoms with Gasteiger partial charge in [0, 0.05) is 7.81 Å². The second kappa shape index (κ2) is 6.49. The van der Waals surface area contributed by atoms with Gasteiger partial charge in [-0.3, -0.25) is 0 Å². The van der Waals surface area contributed by atoms with Gasteiger partial charge in [-0.1, -0.05) is 49.4 Å². The van der Waals surface area contributed by atoms with E-state index in [1.165, 1.54) is 20.6 Å². The lowest BCUT2D eigenvalue weighted by molar-refractivity contribution is 0.960. The van der Waals surface area contributed by atoms with Gasteiger partial charge in [0.2, 0.25) is 0 Å². The van der Waals surface area contributed by atoms with Gasteiger partial charge in [-0.25, -0.2) is 0 Å². The maximum absolute atomic E-state index is 2.39. The molecule has 0 amide bonds. The Kier molecular flexibility index (Phi) is 5.55. The Hall–Kier alpha value is 0.0400. The van der Waals surface area contributed by atoms with E-state index in [0.717, 1.165) is 0 Å². The zero-order valence-electron chi connectivity index (χ0n) is 7.66. The molecule has 0 N–H and O–H groups in total. The highest BCUT2D eigenvalue weighted by Crippen LogP contribution is 2.31. The summed E-state index contributed by atoms with van der Waals surface area (Å²) in [5.41, 5.74) is 0. The van der Waals surface area contributed by atoms with Crippen molar-refractivity contribution in [3.63, 3.8) is 0 Å². The van der Waals surface area contributed by atoms with Crippen LogP contribution in [-0.4, -0.2) is 0 Å². The number of rotatable bonds is 4. The number of hydrogen-bond acceptors (Lipinski definition) is 1. The molecule has 2 heteroatoms. The molecular weight excluding hydrogens is 291 g/mol. The van der Waals surface area contributed by atoms with Crippen LogP contribution >= 0.6 is 34.4 Å². The second-order valence-electron chi connectivity index (χ2n) is 2.71. The lowest BCUT2D eigenvalue weighted by atomic mass is 10.3. The summed E-state index contributed by atoms with van der Waals surface area (Å²) in [6.07, 6.45) is 4.69. The Labute approximate surface area is 98.0 Å². The van der Waals surface area contributed by atoms with Gasteiger partial charge >= 0.3 is 0 Å². The van der Waals surface area contributed by atoms with Crippen molar-refractivity contribution in [1.29, 1.82) is 0 Å². The van der Waals surface area contributed by atoms with Gasteiger partial charge in [-0.05, 0) is 41.1 Å². The Balaban J connectivity index is 2.50. The molecule has 0 bridgehead atoms. The van der Waals surface area contributed by atoms with E-state index in [1.54, 1.807) is 0 Å². The van der Waals surface area contributed by atoms with E-state index < -0.39 is 0 Å². The molecule has 0 aliphatic heterocycles. The Morgan fingerprint density at radius 2 is 2.08 bits per heavy atom. The van der Waals surface area contributed by atoms with Crippen LogP contribution in [0.1, 0.15) is 19.8 Å². The van der Waals surface area contributed by atoms with Crippen LogP contribution in [0.25, 0.3) is 0 Å². The summed E-state index contributed by atoms with van der Waals surface area (Å²) < 4.78 is 1.37. The van der Waals surface area contributed by atoms with Crippen LogP contribution in [0.3, 0.4) is 0 Å². The first-order chi connectivity index (χ1) is 6.33. The molecule has 1 rings (SSSR count). The van der Waals surface area contributed by atoms with E-state index in [2.05, 4.69) is 59.9 Å². The molecule has 13 heavy (non-hydrogen) atoms. The molecule has 0 atom stereocenters. The van der Waals surface area contributed by atoms with E-state index in [9.17, 15) is 0 Å². The highest BCUT2D eigenvalue weighted by Gasteiger charge is 1.94. The number of thioether (sulfide) groups is 1. The van der Waals surface area contributed by atoms with Crippen molar-refractivity contribution >= 4 is 34.4 Å². The quantitative estimate of drug-likeness (QED) is 0.566. The third-order valence-corrected chi connectivity index (χ3v) is 3.52. The minimum Gasteiger partial charge on any atom is -0.0838 e. The fraction of sp³-hybridized carbons (Fsp3) is 0.273. The predicted molar refractivity (Wildman–Crippen MR) is 69.3 cm³/mol. The van der Waals surface area contributed by atoms with Gasteiger partial charge in [-0.2, -0.15) is 0 Å². The van der Waals surface area contributed by atoms with Crippen molar-refractivity contribution in [2.45, 2.75) is 24.7 Å². The molecule has 1 aromatic rings. The van der Waals surface area contributed by atoms with Crippen molar-refractivity contribution in [2.75, 3.05) is 0 Å². The summed E-state index contributed by atoms with van der Waals surface area (Å²) in [5, 5.41) is 0. The zero-order valence-corrected chi connectivity index (χ0v) is 10.6. The number of allylic oxidation sites excluding steroid dienone is 1.